The summed E-state index contributed by atoms with van der Waals surface area (Å²) in [5.74, 6) is 0.308. The molecule has 0 aliphatic carbocycles. The quantitative estimate of drug-likeness (QED) is 0.219. The third-order valence-electron chi connectivity index (χ3n) is 5.83. The number of allylic oxidation sites excluding steroid dienone is 1. The molecule has 0 aliphatic heterocycles. The fourth-order valence-electron chi connectivity index (χ4n) is 4.05. The van der Waals surface area contributed by atoms with Crippen LogP contribution >= 0.6 is 0 Å². The van der Waals surface area contributed by atoms with Gasteiger partial charge in [0.05, 0.1) is 19.3 Å². The number of ether oxygens (including phenoxy) is 1. The Morgan fingerprint density at radius 1 is 0.824 bits per heavy atom. The Hall–Kier alpha value is -2.98. The van der Waals surface area contributed by atoms with Crippen molar-refractivity contribution < 1.29 is 9.16 Å². The molecule has 176 valence electrons. The molecule has 3 heteroatoms. The van der Waals surface area contributed by atoms with Gasteiger partial charge in [-0.05, 0) is 33.8 Å². The SMILES string of the molecule is C=CC/C(=C/[Si](OC(C=C)C(C)C)(c1ccccc1)c1ccccc1)COCc1ccccc1. The Morgan fingerprint density at radius 2 is 1.35 bits per heavy atom. The highest BCUT2D eigenvalue weighted by Gasteiger charge is 2.40. The van der Waals surface area contributed by atoms with Gasteiger partial charge >= 0.3 is 0 Å². The molecule has 0 heterocycles. The predicted octanol–water partition coefficient (Wildman–Crippen LogP) is 6.23. The Kier molecular flexibility index (Phi) is 9.84. The van der Waals surface area contributed by atoms with Crippen LogP contribution in [0.25, 0.3) is 0 Å². The molecule has 0 saturated heterocycles. The summed E-state index contributed by atoms with van der Waals surface area (Å²) in [5.41, 5.74) is 4.71. The summed E-state index contributed by atoms with van der Waals surface area (Å²) in [4.78, 5) is 0. The summed E-state index contributed by atoms with van der Waals surface area (Å²) >= 11 is 0. The molecule has 0 aliphatic rings. The Bertz CT molecular complexity index is 1000. The van der Waals surface area contributed by atoms with Gasteiger partial charge in [-0.15, -0.1) is 13.2 Å². The summed E-state index contributed by atoms with van der Waals surface area (Å²) in [6.07, 6.45) is 4.55. The van der Waals surface area contributed by atoms with E-state index in [4.69, 9.17) is 9.16 Å². The van der Waals surface area contributed by atoms with Crippen LogP contribution in [0, 0.1) is 5.92 Å². The summed E-state index contributed by atoms with van der Waals surface area (Å²) in [5, 5.41) is 2.41. The molecule has 1 atom stereocenters. The standard InChI is InChI=1S/C31H36O2Si/c1-5-16-28(24-32-23-27-17-10-7-11-18-27)25-34(29-19-12-8-13-20-29,30-21-14-9-15-22-30)33-31(6-2)26(3)4/h5-15,17-22,25-26,31H,1-2,16,23-24H2,3-4H3/b28-25-. The van der Waals surface area contributed by atoms with Crippen molar-refractivity contribution in [1.29, 1.82) is 0 Å². The van der Waals surface area contributed by atoms with Gasteiger partial charge in [0.2, 0.25) is 0 Å². The van der Waals surface area contributed by atoms with E-state index < -0.39 is 8.32 Å². The largest absolute Gasteiger partial charge is 0.398 e. The van der Waals surface area contributed by atoms with Gasteiger partial charge in [-0.2, -0.15) is 0 Å². The van der Waals surface area contributed by atoms with Crippen molar-refractivity contribution in [2.45, 2.75) is 33.0 Å². The molecule has 1 unspecified atom stereocenters. The van der Waals surface area contributed by atoms with E-state index in [9.17, 15) is 0 Å². The maximum atomic E-state index is 7.12. The van der Waals surface area contributed by atoms with E-state index in [0.717, 1.165) is 12.0 Å². The van der Waals surface area contributed by atoms with Crippen LogP contribution in [0.1, 0.15) is 25.8 Å². The maximum Gasteiger partial charge on any atom is 0.281 e. The predicted molar refractivity (Wildman–Crippen MR) is 147 cm³/mol. The number of rotatable bonds is 13. The highest BCUT2D eigenvalue weighted by molar-refractivity contribution is 7.01. The Labute approximate surface area is 206 Å². The molecule has 34 heavy (non-hydrogen) atoms. The van der Waals surface area contributed by atoms with Gasteiger partial charge in [0.1, 0.15) is 0 Å². The molecule has 0 saturated carbocycles. The molecule has 3 aromatic rings. The van der Waals surface area contributed by atoms with E-state index in [1.807, 2.05) is 30.4 Å². The van der Waals surface area contributed by atoms with E-state index in [1.54, 1.807) is 0 Å². The van der Waals surface area contributed by atoms with Crippen molar-refractivity contribution in [3.8, 4) is 0 Å². The molecule has 3 rings (SSSR count). The van der Waals surface area contributed by atoms with E-state index in [1.165, 1.54) is 15.9 Å². The lowest BCUT2D eigenvalue weighted by molar-refractivity contribution is 0.141. The molecular formula is C31H36O2Si. The molecule has 0 N–H and O–H groups in total. The summed E-state index contributed by atoms with van der Waals surface area (Å²) in [6, 6.07) is 31.5. The van der Waals surface area contributed by atoms with E-state index in [0.29, 0.717) is 19.1 Å². The van der Waals surface area contributed by atoms with Crippen molar-refractivity contribution in [2.24, 2.45) is 5.92 Å². The maximum absolute atomic E-state index is 7.12. The van der Waals surface area contributed by atoms with Crippen LogP contribution in [0.15, 0.2) is 128 Å². The second-order valence-electron chi connectivity index (χ2n) is 8.80. The Balaban J connectivity index is 2.07. The third kappa shape index (κ3) is 6.77. The van der Waals surface area contributed by atoms with E-state index in [2.05, 4.69) is 106 Å². The van der Waals surface area contributed by atoms with Gasteiger partial charge in [-0.25, -0.2) is 0 Å². The van der Waals surface area contributed by atoms with Gasteiger partial charge in [-0.3, -0.25) is 0 Å². The molecule has 3 aromatic carbocycles. The van der Waals surface area contributed by atoms with Crippen molar-refractivity contribution in [1.82, 2.24) is 0 Å². The van der Waals surface area contributed by atoms with E-state index in [-0.39, 0.29) is 6.10 Å². The van der Waals surface area contributed by atoms with Crippen LogP contribution in [0.5, 0.6) is 0 Å². The number of hydrogen-bond donors (Lipinski definition) is 0. The third-order valence-corrected chi connectivity index (χ3v) is 9.67. The zero-order valence-electron chi connectivity index (χ0n) is 20.4. The van der Waals surface area contributed by atoms with Crippen LogP contribution in [0.3, 0.4) is 0 Å². The minimum absolute atomic E-state index is 0.0708. The number of benzene rings is 3. The minimum Gasteiger partial charge on any atom is -0.398 e. The average molecular weight is 469 g/mol. The number of hydrogen-bond acceptors (Lipinski definition) is 2. The Morgan fingerprint density at radius 3 is 1.82 bits per heavy atom. The highest BCUT2D eigenvalue weighted by Crippen LogP contribution is 2.21. The summed E-state index contributed by atoms with van der Waals surface area (Å²) in [6.45, 7) is 13.6. The van der Waals surface area contributed by atoms with Crippen molar-refractivity contribution >= 4 is 18.7 Å². The first-order chi connectivity index (χ1) is 16.6. The second-order valence-corrected chi connectivity index (χ2v) is 12.0. The highest BCUT2D eigenvalue weighted by atomic mass is 28.4. The van der Waals surface area contributed by atoms with Crippen LogP contribution < -0.4 is 10.4 Å². The monoisotopic (exact) mass is 468 g/mol. The molecule has 0 fully saturated rings. The van der Waals surface area contributed by atoms with Gasteiger partial charge in [0.15, 0.2) is 0 Å². The first-order valence-electron chi connectivity index (χ1n) is 11.9. The summed E-state index contributed by atoms with van der Waals surface area (Å²) in [7, 11) is -2.79. The van der Waals surface area contributed by atoms with Crippen LogP contribution in [-0.2, 0) is 15.8 Å². The topological polar surface area (TPSA) is 18.5 Å². The smallest absolute Gasteiger partial charge is 0.281 e. The molecule has 0 bridgehead atoms. The molecule has 0 spiro atoms. The van der Waals surface area contributed by atoms with Crippen molar-refractivity contribution in [3.63, 3.8) is 0 Å². The zero-order valence-corrected chi connectivity index (χ0v) is 21.4. The summed E-state index contributed by atoms with van der Waals surface area (Å²) < 4.78 is 13.3. The lowest BCUT2D eigenvalue weighted by Gasteiger charge is -2.35. The molecule has 0 aromatic heterocycles. The molecular weight excluding hydrogens is 432 g/mol. The first kappa shape index (κ1) is 25.6. The van der Waals surface area contributed by atoms with Gasteiger partial charge < -0.3 is 9.16 Å². The lowest BCUT2D eigenvalue weighted by atomic mass is 10.1. The normalized spacial score (nSPS) is 13.0. The fraction of sp³-hybridized carbons (Fsp3) is 0.226. The van der Waals surface area contributed by atoms with Crippen LogP contribution in [-0.4, -0.2) is 21.0 Å². The van der Waals surface area contributed by atoms with Crippen LogP contribution in [0.2, 0.25) is 0 Å². The van der Waals surface area contributed by atoms with E-state index >= 15 is 0 Å². The first-order valence-corrected chi connectivity index (χ1v) is 13.9. The lowest BCUT2D eigenvalue weighted by Crippen LogP contribution is -2.61. The molecule has 0 amide bonds. The average Bonchev–Trinajstić information content (AvgIpc) is 2.88. The second kappa shape index (κ2) is 13.0. The van der Waals surface area contributed by atoms with Gasteiger partial charge in [-0.1, -0.05) is 123 Å². The molecule has 0 radical (unpaired) electrons. The van der Waals surface area contributed by atoms with Gasteiger partial charge in [0.25, 0.3) is 8.32 Å². The fourth-order valence-corrected chi connectivity index (χ4v) is 8.01. The minimum atomic E-state index is -2.79. The van der Waals surface area contributed by atoms with Crippen molar-refractivity contribution in [2.75, 3.05) is 6.61 Å². The zero-order chi connectivity index (χ0) is 24.2. The van der Waals surface area contributed by atoms with Crippen LogP contribution in [0.4, 0.5) is 0 Å². The van der Waals surface area contributed by atoms with Gasteiger partial charge in [0, 0.05) is 0 Å². The van der Waals surface area contributed by atoms with Crippen molar-refractivity contribution in [3.05, 3.63) is 133 Å². The molecule has 2 nitrogen and oxygen atoms in total.